The first kappa shape index (κ1) is 19.9. The fraction of sp³-hybridized carbons (Fsp3) is 0.591. The van der Waals surface area contributed by atoms with Crippen molar-refractivity contribution in [1.82, 2.24) is 20.1 Å². The number of carbonyl (C=O) groups excluding carboxylic acids is 1. The minimum absolute atomic E-state index is 0.000837. The predicted octanol–water partition coefficient (Wildman–Crippen LogP) is 3.72. The number of amides is 1. The number of rotatable bonds is 6. The molecule has 2 aromatic heterocycles. The summed E-state index contributed by atoms with van der Waals surface area (Å²) < 4.78 is 13.8. The Bertz CT molecular complexity index is 791. The van der Waals surface area contributed by atoms with Crippen LogP contribution < -0.4 is 10.1 Å². The maximum absolute atomic E-state index is 11.2. The first-order valence-electron chi connectivity index (χ1n) is 10.7. The van der Waals surface area contributed by atoms with E-state index in [0.29, 0.717) is 18.6 Å². The average Bonchev–Trinajstić information content (AvgIpc) is 3.24. The smallest absolute Gasteiger partial charge is 0.217 e. The van der Waals surface area contributed by atoms with E-state index in [0.717, 1.165) is 68.7 Å². The fourth-order valence-corrected chi connectivity index (χ4v) is 4.26. The molecule has 29 heavy (non-hydrogen) atoms. The lowest BCUT2D eigenvalue weighted by Gasteiger charge is -2.28. The molecule has 7 heteroatoms. The number of ether oxygens (including phenoxy) is 2. The highest BCUT2D eigenvalue weighted by atomic mass is 16.5. The van der Waals surface area contributed by atoms with E-state index in [4.69, 9.17) is 9.47 Å². The van der Waals surface area contributed by atoms with Gasteiger partial charge in [-0.25, -0.2) is 4.68 Å². The van der Waals surface area contributed by atoms with Crippen molar-refractivity contribution in [2.75, 3.05) is 13.2 Å². The summed E-state index contributed by atoms with van der Waals surface area (Å²) in [6, 6.07) is 6.26. The van der Waals surface area contributed by atoms with Crippen LogP contribution in [0.25, 0.3) is 11.4 Å². The second-order valence-corrected chi connectivity index (χ2v) is 8.09. The van der Waals surface area contributed by atoms with E-state index in [1.807, 2.05) is 22.9 Å². The molecule has 1 aliphatic heterocycles. The zero-order chi connectivity index (χ0) is 20.1. The van der Waals surface area contributed by atoms with Crippen molar-refractivity contribution in [3.63, 3.8) is 0 Å². The Morgan fingerprint density at radius 1 is 1.21 bits per heavy atom. The van der Waals surface area contributed by atoms with Gasteiger partial charge in [-0.15, -0.1) is 0 Å². The van der Waals surface area contributed by atoms with Crippen LogP contribution in [0, 0.1) is 5.92 Å². The lowest BCUT2D eigenvalue weighted by atomic mass is 9.86. The van der Waals surface area contributed by atoms with Crippen LogP contribution >= 0.6 is 0 Å². The summed E-state index contributed by atoms with van der Waals surface area (Å²) in [5.74, 6) is 1.38. The largest absolute Gasteiger partial charge is 0.492 e. The number of nitrogens with zero attached hydrogens (tertiary/aromatic N) is 3. The van der Waals surface area contributed by atoms with Crippen molar-refractivity contribution in [3.05, 3.63) is 30.6 Å². The third kappa shape index (κ3) is 5.15. The number of pyridine rings is 1. The summed E-state index contributed by atoms with van der Waals surface area (Å²) in [6.07, 6.45) is 11.1. The number of aromatic nitrogens is 3. The maximum Gasteiger partial charge on any atom is 0.217 e. The van der Waals surface area contributed by atoms with Gasteiger partial charge >= 0.3 is 0 Å². The summed E-state index contributed by atoms with van der Waals surface area (Å²) in [6.45, 7) is 3.07. The maximum atomic E-state index is 11.2. The standard InChI is InChI=1S/C22H30N4O3/c1-16(27)25-18-7-5-17(6-8-18)15-29-19-9-10-20(23-14-19)21-11-12-24-26(21)22-4-2-3-13-28-22/h9-12,14,17-18,22H,2-8,13,15H2,1H3,(H,25,27)/t17-,18+,22?. The van der Waals surface area contributed by atoms with Gasteiger partial charge in [0, 0.05) is 25.8 Å². The second-order valence-electron chi connectivity index (χ2n) is 8.09. The zero-order valence-electron chi connectivity index (χ0n) is 17.0. The Kier molecular flexibility index (Phi) is 6.44. The molecule has 1 saturated carbocycles. The van der Waals surface area contributed by atoms with Crippen LogP contribution in [0.2, 0.25) is 0 Å². The van der Waals surface area contributed by atoms with Crippen LogP contribution in [-0.4, -0.2) is 39.9 Å². The number of hydrogen-bond donors (Lipinski definition) is 1. The first-order valence-corrected chi connectivity index (χ1v) is 10.7. The van der Waals surface area contributed by atoms with Crippen LogP contribution in [0.1, 0.15) is 58.1 Å². The molecular weight excluding hydrogens is 368 g/mol. The molecule has 1 unspecified atom stereocenters. The van der Waals surface area contributed by atoms with Crippen LogP contribution in [0.4, 0.5) is 0 Å². The molecule has 1 aliphatic carbocycles. The Morgan fingerprint density at radius 3 is 2.76 bits per heavy atom. The number of hydrogen-bond acceptors (Lipinski definition) is 5. The molecule has 1 saturated heterocycles. The van der Waals surface area contributed by atoms with Crippen LogP contribution in [-0.2, 0) is 9.53 Å². The van der Waals surface area contributed by atoms with Gasteiger partial charge in [-0.1, -0.05) is 0 Å². The molecule has 1 N–H and O–H groups in total. The molecule has 4 rings (SSSR count). The molecular formula is C22H30N4O3. The van der Waals surface area contributed by atoms with Gasteiger partial charge < -0.3 is 14.8 Å². The molecule has 1 atom stereocenters. The molecule has 0 bridgehead atoms. The summed E-state index contributed by atoms with van der Waals surface area (Å²) in [7, 11) is 0. The molecule has 0 radical (unpaired) electrons. The van der Waals surface area contributed by atoms with Crippen molar-refractivity contribution in [2.45, 2.75) is 64.1 Å². The summed E-state index contributed by atoms with van der Waals surface area (Å²) in [5.41, 5.74) is 1.85. The lowest BCUT2D eigenvalue weighted by molar-refractivity contribution is -0.119. The highest BCUT2D eigenvalue weighted by Crippen LogP contribution is 2.29. The fourth-order valence-electron chi connectivity index (χ4n) is 4.26. The third-order valence-corrected chi connectivity index (χ3v) is 5.84. The minimum atomic E-state index is -0.000837. The quantitative estimate of drug-likeness (QED) is 0.802. The normalized spacial score (nSPS) is 24.8. The number of carbonyl (C=O) groups is 1. The molecule has 2 fully saturated rings. The van der Waals surface area contributed by atoms with Gasteiger partial charge in [0.15, 0.2) is 6.23 Å². The van der Waals surface area contributed by atoms with Gasteiger partial charge in [-0.3, -0.25) is 9.78 Å². The zero-order valence-corrected chi connectivity index (χ0v) is 17.0. The molecule has 0 spiro atoms. The van der Waals surface area contributed by atoms with Crippen molar-refractivity contribution >= 4 is 5.91 Å². The predicted molar refractivity (Wildman–Crippen MR) is 109 cm³/mol. The topological polar surface area (TPSA) is 78.3 Å². The SMILES string of the molecule is CC(=O)N[C@H]1CC[C@@H](COc2ccc(-c3ccnn3C3CCCCO3)nc2)CC1. The monoisotopic (exact) mass is 398 g/mol. The summed E-state index contributed by atoms with van der Waals surface area (Å²) >= 11 is 0. The minimum Gasteiger partial charge on any atom is -0.492 e. The van der Waals surface area contributed by atoms with E-state index < -0.39 is 0 Å². The van der Waals surface area contributed by atoms with E-state index in [9.17, 15) is 4.79 Å². The van der Waals surface area contributed by atoms with Gasteiger partial charge in [0.2, 0.25) is 5.91 Å². The van der Waals surface area contributed by atoms with E-state index >= 15 is 0 Å². The van der Waals surface area contributed by atoms with Crippen LogP contribution in [0.5, 0.6) is 5.75 Å². The Hall–Kier alpha value is -2.41. The van der Waals surface area contributed by atoms with E-state index in [-0.39, 0.29) is 12.1 Å². The van der Waals surface area contributed by atoms with Gasteiger partial charge in [0.1, 0.15) is 5.75 Å². The molecule has 1 amide bonds. The molecule has 2 aliphatic rings. The van der Waals surface area contributed by atoms with Crippen molar-refractivity contribution in [2.24, 2.45) is 5.92 Å². The van der Waals surface area contributed by atoms with Gasteiger partial charge in [-0.2, -0.15) is 5.10 Å². The Balaban J connectivity index is 1.30. The van der Waals surface area contributed by atoms with Gasteiger partial charge in [-0.05, 0) is 69.1 Å². The highest BCUT2D eigenvalue weighted by Gasteiger charge is 2.22. The van der Waals surface area contributed by atoms with E-state index in [1.54, 1.807) is 19.3 Å². The van der Waals surface area contributed by atoms with Crippen LogP contribution in [0.3, 0.4) is 0 Å². The molecule has 7 nitrogen and oxygen atoms in total. The van der Waals surface area contributed by atoms with Crippen molar-refractivity contribution in [1.29, 1.82) is 0 Å². The molecule has 0 aromatic carbocycles. The van der Waals surface area contributed by atoms with Gasteiger partial charge in [0.05, 0.1) is 24.2 Å². The summed E-state index contributed by atoms with van der Waals surface area (Å²) in [4.78, 5) is 15.8. The van der Waals surface area contributed by atoms with Crippen molar-refractivity contribution in [3.8, 4) is 17.1 Å². The Morgan fingerprint density at radius 2 is 2.07 bits per heavy atom. The molecule has 156 valence electrons. The number of nitrogens with one attached hydrogen (secondary N) is 1. The second kappa shape index (κ2) is 9.39. The summed E-state index contributed by atoms with van der Waals surface area (Å²) in [5, 5.41) is 7.47. The Labute approximate surface area is 171 Å². The van der Waals surface area contributed by atoms with Crippen LogP contribution in [0.15, 0.2) is 30.6 Å². The molecule has 3 heterocycles. The average molecular weight is 399 g/mol. The highest BCUT2D eigenvalue weighted by molar-refractivity contribution is 5.73. The first-order chi connectivity index (χ1) is 14.2. The third-order valence-electron chi connectivity index (χ3n) is 5.84. The van der Waals surface area contributed by atoms with Crippen molar-refractivity contribution < 1.29 is 14.3 Å². The van der Waals surface area contributed by atoms with E-state index in [2.05, 4.69) is 15.4 Å². The van der Waals surface area contributed by atoms with Gasteiger partial charge in [0.25, 0.3) is 0 Å². The lowest BCUT2D eigenvalue weighted by Crippen LogP contribution is -2.37. The van der Waals surface area contributed by atoms with E-state index in [1.165, 1.54) is 0 Å². The molecule has 2 aromatic rings.